The fraction of sp³-hybridized carbons (Fsp3) is 1.00. The molecule has 1 saturated carbocycles. The summed E-state index contributed by atoms with van der Waals surface area (Å²) < 4.78 is 0. The standard InChI is InChI=1S/C20H42BN/c1-5-6-7-11-18-12-8-9-15-20(2,21)16-10-13-19(18)14-17-22(3)4/h18-19H,5-17,21H2,1-4H3. The molecule has 1 nitrogen and oxygen atoms in total. The van der Waals surface area contributed by atoms with Crippen LogP contribution >= 0.6 is 0 Å². The lowest BCUT2D eigenvalue weighted by Gasteiger charge is -2.33. The summed E-state index contributed by atoms with van der Waals surface area (Å²) in [6.45, 7) is 6.10. The van der Waals surface area contributed by atoms with Gasteiger partial charge in [0.05, 0.1) is 0 Å². The molecule has 0 aliphatic heterocycles. The molecule has 1 aliphatic carbocycles. The maximum atomic E-state index is 2.49. The zero-order valence-electron chi connectivity index (χ0n) is 16.3. The number of hydrogen-bond donors (Lipinski definition) is 0. The minimum atomic E-state index is 0.584. The summed E-state index contributed by atoms with van der Waals surface area (Å²) in [5, 5.41) is 0.584. The molecule has 0 N–H and O–H groups in total. The van der Waals surface area contributed by atoms with Gasteiger partial charge in [-0.05, 0) is 38.9 Å². The molecule has 0 saturated heterocycles. The summed E-state index contributed by atoms with van der Waals surface area (Å²) in [5.41, 5.74) is 0. The van der Waals surface area contributed by atoms with Gasteiger partial charge in [0, 0.05) is 0 Å². The summed E-state index contributed by atoms with van der Waals surface area (Å²) in [4.78, 5) is 2.38. The summed E-state index contributed by atoms with van der Waals surface area (Å²) in [7, 11) is 6.95. The molecule has 3 unspecified atom stereocenters. The van der Waals surface area contributed by atoms with Gasteiger partial charge in [-0.15, -0.1) is 0 Å². The van der Waals surface area contributed by atoms with E-state index in [9.17, 15) is 0 Å². The largest absolute Gasteiger partial charge is 0.309 e. The van der Waals surface area contributed by atoms with Gasteiger partial charge in [-0.1, -0.05) is 89.8 Å². The number of rotatable bonds is 7. The van der Waals surface area contributed by atoms with Crippen LogP contribution in [0.4, 0.5) is 0 Å². The van der Waals surface area contributed by atoms with E-state index in [0.717, 1.165) is 11.8 Å². The van der Waals surface area contributed by atoms with Crippen LogP contribution in [-0.2, 0) is 0 Å². The fourth-order valence-electron chi connectivity index (χ4n) is 4.29. The number of hydrogen-bond acceptors (Lipinski definition) is 1. The van der Waals surface area contributed by atoms with E-state index in [4.69, 9.17) is 0 Å². The average Bonchev–Trinajstić information content (AvgIpc) is 2.45. The predicted octanol–water partition coefficient (Wildman–Crippen LogP) is 5.31. The SMILES string of the molecule is BC1(C)CCCCC(CCCCC)C(CCN(C)C)CCC1. The van der Waals surface area contributed by atoms with Gasteiger partial charge in [-0.3, -0.25) is 0 Å². The Hall–Kier alpha value is 0.0249. The second-order valence-electron chi connectivity index (χ2n) is 8.91. The van der Waals surface area contributed by atoms with Gasteiger partial charge in [-0.2, -0.15) is 0 Å². The Labute approximate surface area is 142 Å². The highest BCUT2D eigenvalue weighted by molar-refractivity contribution is 6.14. The van der Waals surface area contributed by atoms with Crippen molar-refractivity contribution in [3.05, 3.63) is 0 Å². The third kappa shape index (κ3) is 8.60. The van der Waals surface area contributed by atoms with Gasteiger partial charge in [0.15, 0.2) is 0 Å². The van der Waals surface area contributed by atoms with Crippen LogP contribution < -0.4 is 0 Å². The van der Waals surface area contributed by atoms with Crippen molar-refractivity contribution in [2.45, 2.75) is 96.2 Å². The molecule has 22 heavy (non-hydrogen) atoms. The fourth-order valence-corrected chi connectivity index (χ4v) is 4.29. The molecule has 1 fully saturated rings. The first-order chi connectivity index (χ1) is 10.4. The van der Waals surface area contributed by atoms with Gasteiger partial charge in [0.2, 0.25) is 0 Å². The number of nitrogens with zero attached hydrogens (tertiary/aromatic N) is 1. The molecule has 0 spiro atoms. The lowest BCUT2D eigenvalue weighted by Crippen LogP contribution is -2.23. The van der Waals surface area contributed by atoms with Crippen molar-refractivity contribution in [1.29, 1.82) is 0 Å². The van der Waals surface area contributed by atoms with Crippen molar-refractivity contribution in [3.63, 3.8) is 0 Å². The van der Waals surface area contributed by atoms with Gasteiger partial charge in [0.1, 0.15) is 7.85 Å². The molecule has 0 aromatic carbocycles. The summed E-state index contributed by atoms with van der Waals surface area (Å²) in [6, 6.07) is 0. The van der Waals surface area contributed by atoms with Crippen molar-refractivity contribution in [1.82, 2.24) is 4.90 Å². The van der Waals surface area contributed by atoms with Crippen molar-refractivity contribution in [3.8, 4) is 0 Å². The van der Waals surface area contributed by atoms with E-state index in [1.54, 1.807) is 0 Å². The Kier molecular flexibility index (Phi) is 9.79. The molecule has 0 amide bonds. The summed E-state index contributed by atoms with van der Waals surface area (Å²) >= 11 is 0. The molecule has 130 valence electrons. The monoisotopic (exact) mass is 307 g/mol. The molecule has 1 rings (SSSR count). The Bertz CT molecular complexity index is 275. The average molecular weight is 307 g/mol. The van der Waals surface area contributed by atoms with E-state index >= 15 is 0 Å². The first kappa shape index (κ1) is 20.1. The van der Waals surface area contributed by atoms with Crippen LogP contribution in [0.2, 0.25) is 5.31 Å². The Morgan fingerprint density at radius 2 is 1.59 bits per heavy atom. The third-order valence-corrected chi connectivity index (χ3v) is 5.90. The smallest absolute Gasteiger partial charge is 0.109 e. The molecule has 0 heterocycles. The van der Waals surface area contributed by atoms with E-state index < -0.39 is 0 Å². The van der Waals surface area contributed by atoms with Gasteiger partial charge >= 0.3 is 0 Å². The minimum absolute atomic E-state index is 0.584. The highest BCUT2D eigenvalue weighted by Gasteiger charge is 2.25. The second-order valence-corrected chi connectivity index (χ2v) is 8.91. The van der Waals surface area contributed by atoms with Crippen molar-refractivity contribution >= 4 is 7.85 Å². The minimum Gasteiger partial charge on any atom is -0.309 e. The summed E-state index contributed by atoms with van der Waals surface area (Å²) in [5.74, 6) is 1.99. The highest BCUT2D eigenvalue weighted by atomic mass is 15.0. The van der Waals surface area contributed by atoms with E-state index in [1.807, 2.05) is 0 Å². The maximum Gasteiger partial charge on any atom is 0.109 e. The van der Waals surface area contributed by atoms with Crippen LogP contribution in [0.25, 0.3) is 0 Å². The lowest BCUT2D eigenvalue weighted by atomic mass is 9.63. The zero-order chi connectivity index (χ0) is 16.4. The molecule has 3 atom stereocenters. The molecule has 0 aromatic rings. The predicted molar refractivity (Wildman–Crippen MR) is 104 cm³/mol. The molecule has 0 aromatic heterocycles. The quantitative estimate of drug-likeness (QED) is 0.455. The van der Waals surface area contributed by atoms with Crippen LogP contribution in [0, 0.1) is 11.8 Å². The molecular formula is C20H42BN. The van der Waals surface area contributed by atoms with Crippen LogP contribution in [0.5, 0.6) is 0 Å². The van der Waals surface area contributed by atoms with Crippen molar-refractivity contribution in [2.75, 3.05) is 20.6 Å². The summed E-state index contributed by atoms with van der Waals surface area (Å²) in [6.07, 6.45) is 17.4. The third-order valence-electron chi connectivity index (χ3n) is 5.90. The lowest BCUT2D eigenvalue weighted by molar-refractivity contribution is 0.212. The molecule has 0 radical (unpaired) electrons. The highest BCUT2D eigenvalue weighted by Crippen LogP contribution is 2.39. The zero-order valence-corrected chi connectivity index (χ0v) is 16.3. The number of unbranched alkanes of at least 4 members (excludes halogenated alkanes) is 2. The maximum absolute atomic E-state index is 2.49. The van der Waals surface area contributed by atoms with E-state index in [1.165, 1.54) is 83.6 Å². The van der Waals surface area contributed by atoms with Gasteiger partial charge < -0.3 is 4.90 Å². The first-order valence-electron chi connectivity index (χ1n) is 10.1. The Morgan fingerprint density at radius 1 is 0.955 bits per heavy atom. The van der Waals surface area contributed by atoms with Gasteiger partial charge in [0.25, 0.3) is 0 Å². The van der Waals surface area contributed by atoms with Crippen molar-refractivity contribution < 1.29 is 0 Å². The molecule has 2 heteroatoms. The van der Waals surface area contributed by atoms with E-state index in [-0.39, 0.29) is 0 Å². The Balaban J connectivity index is 2.60. The van der Waals surface area contributed by atoms with E-state index in [0.29, 0.717) is 5.31 Å². The first-order valence-corrected chi connectivity index (χ1v) is 10.1. The van der Waals surface area contributed by atoms with Crippen LogP contribution in [0.15, 0.2) is 0 Å². The van der Waals surface area contributed by atoms with Crippen LogP contribution in [0.3, 0.4) is 0 Å². The van der Waals surface area contributed by atoms with Crippen LogP contribution in [-0.4, -0.2) is 33.4 Å². The Morgan fingerprint density at radius 3 is 2.27 bits per heavy atom. The van der Waals surface area contributed by atoms with Crippen LogP contribution in [0.1, 0.15) is 90.9 Å². The van der Waals surface area contributed by atoms with E-state index in [2.05, 4.69) is 40.7 Å². The normalized spacial score (nSPS) is 31.3. The second kappa shape index (κ2) is 10.7. The molecule has 0 bridgehead atoms. The molecule has 1 aliphatic rings. The topological polar surface area (TPSA) is 3.24 Å². The van der Waals surface area contributed by atoms with Crippen molar-refractivity contribution in [2.24, 2.45) is 11.8 Å². The van der Waals surface area contributed by atoms with Gasteiger partial charge in [-0.25, -0.2) is 0 Å². The molecular weight excluding hydrogens is 265 g/mol.